The van der Waals surface area contributed by atoms with Crippen molar-refractivity contribution in [3.63, 3.8) is 0 Å². The lowest BCUT2D eigenvalue weighted by molar-refractivity contribution is -0.142. The minimum Gasteiger partial charge on any atom is -0.381 e. The Morgan fingerprint density at radius 1 is 1.24 bits per heavy atom. The van der Waals surface area contributed by atoms with Crippen LogP contribution in [0, 0.1) is 5.92 Å². The van der Waals surface area contributed by atoms with Crippen LogP contribution < -0.4 is 5.32 Å². The average Bonchev–Trinajstić information content (AvgIpc) is 2.92. The maximum Gasteiger partial charge on any atom is 0.248 e. The molecule has 1 atom stereocenters. The lowest BCUT2D eigenvalue weighted by Crippen LogP contribution is -2.58. The fraction of sp³-hybridized carbons (Fsp3) is 0.875. The van der Waals surface area contributed by atoms with E-state index in [1.165, 1.54) is 0 Å². The number of nitrogens with one attached hydrogen (secondary N) is 1. The number of nitrogens with zero attached hydrogens (tertiary/aromatic N) is 1. The van der Waals surface area contributed by atoms with E-state index in [4.69, 9.17) is 4.74 Å². The van der Waals surface area contributed by atoms with Gasteiger partial charge >= 0.3 is 0 Å². The van der Waals surface area contributed by atoms with E-state index in [-0.39, 0.29) is 17.9 Å². The van der Waals surface area contributed by atoms with Gasteiger partial charge in [0.25, 0.3) is 0 Å². The van der Waals surface area contributed by atoms with Crippen molar-refractivity contribution in [1.82, 2.24) is 10.2 Å². The topological polar surface area (TPSA) is 58.6 Å². The molecule has 1 unspecified atom stereocenters. The van der Waals surface area contributed by atoms with Gasteiger partial charge in [0.2, 0.25) is 11.8 Å². The first kappa shape index (κ1) is 14.8. The van der Waals surface area contributed by atoms with Gasteiger partial charge in [-0.2, -0.15) is 0 Å². The van der Waals surface area contributed by atoms with Gasteiger partial charge in [0.05, 0.1) is 0 Å². The van der Waals surface area contributed by atoms with Gasteiger partial charge in [-0.05, 0) is 38.5 Å². The van der Waals surface area contributed by atoms with E-state index in [0.29, 0.717) is 18.9 Å². The van der Waals surface area contributed by atoms with Crippen LogP contribution in [-0.2, 0) is 14.3 Å². The first-order chi connectivity index (χ1) is 10.1. The van der Waals surface area contributed by atoms with Crippen molar-refractivity contribution in [1.29, 1.82) is 0 Å². The van der Waals surface area contributed by atoms with E-state index in [2.05, 4.69) is 12.2 Å². The maximum absolute atomic E-state index is 13.1. The van der Waals surface area contributed by atoms with Crippen LogP contribution in [0.15, 0.2) is 0 Å². The summed E-state index contributed by atoms with van der Waals surface area (Å²) >= 11 is 0. The molecule has 2 saturated heterocycles. The van der Waals surface area contributed by atoms with E-state index in [1.807, 2.05) is 4.90 Å². The monoisotopic (exact) mass is 294 g/mol. The van der Waals surface area contributed by atoms with Gasteiger partial charge in [-0.1, -0.05) is 12.8 Å². The smallest absolute Gasteiger partial charge is 0.248 e. The van der Waals surface area contributed by atoms with Crippen molar-refractivity contribution in [2.75, 3.05) is 19.8 Å². The summed E-state index contributed by atoms with van der Waals surface area (Å²) in [4.78, 5) is 27.1. The minimum absolute atomic E-state index is 0.0342. The van der Waals surface area contributed by atoms with Gasteiger partial charge < -0.3 is 15.0 Å². The van der Waals surface area contributed by atoms with Gasteiger partial charge in [0, 0.05) is 32.2 Å². The summed E-state index contributed by atoms with van der Waals surface area (Å²) in [6.45, 7) is 4.29. The van der Waals surface area contributed by atoms with Crippen molar-refractivity contribution in [2.24, 2.45) is 5.92 Å². The van der Waals surface area contributed by atoms with Crippen LogP contribution in [-0.4, -0.2) is 48.1 Å². The Labute approximate surface area is 126 Å². The SMILES string of the molecule is CC(C1CCOCC1)N1CCC(=O)NC2(CCCC2)C1=O. The Bertz CT molecular complexity index is 412. The Morgan fingerprint density at radius 2 is 1.90 bits per heavy atom. The Balaban J connectivity index is 1.79. The molecule has 2 aliphatic heterocycles. The summed E-state index contributed by atoms with van der Waals surface area (Å²) in [7, 11) is 0. The van der Waals surface area contributed by atoms with Gasteiger partial charge in [-0.15, -0.1) is 0 Å². The fourth-order valence-electron chi connectivity index (χ4n) is 4.14. The van der Waals surface area contributed by atoms with Crippen molar-refractivity contribution >= 4 is 11.8 Å². The second kappa shape index (κ2) is 5.95. The molecule has 2 amide bonds. The molecule has 5 heteroatoms. The average molecular weight is 294 g/mol. The molecular weight excluding hydrogens is 268 g/mol. The second-order valence-electron chi connectivity index (χ2n) is 6.78. The van der Waals surface area contributed by atoms with Gasteiger partial charge in [-0.25, -0.2) is 0 Å². The summed E-state index contributed by atoms with van der Waals surface area (Å²) < 4.78 is 5.43. The summed E-state index contributed by atoms with van der Waals surface area (Å²) in [5.74, 6) is 0.686. The highest BCUT2D eigenvalue weighted by Crippen LogP contribution is 2.35. The third kappa shape index (κ3) is 2.80. The number of carbonyl (C=O) groups excluding carboxylic acids is 2. The normalized spacial score (nSPS) is 28.5. The predicted octanol–water partition coefficient (Wildman–Crippen LogP) is 1.46. The lowest BCUT2D eigenvalue weighted by atomic mass is 9.89. The highest BCUT2D eigenvalue weighted by molar-refractivity contribution is 5.94. The second-order valence-corrected chi connectivity index (χ2v) is 6.78. The number of hydrogen-bond acceptors (Lipinski definition) is 3. The summed E-state index contributed by atoms with van der Waals surface area (Å²) in [5, 5.41) is 3.04. The molecule has 1 N–H and O–H groups in total. The van der Waals surface area contributed by atoms with Crippen molar-refractivity contribution in [3.05, 3.63) is 0 Å². The first-order valence-corrected chi connectivity index (χ1v) is 8.32. The molecular formula is C16H26N2O3. The molecule has 21 heavy (non-hydrogen) atoms. The molecule has 0 bridgehead atoms. The highest BCUT2D eigenvalue weighted by Gasteiger charge is 2.48. The number of carbonyl (C=O) groups is 2. The molecule has 3 rings (SSSR count). The Morgan fingerprint density at radius 3 is 2.57 bits per heavy atom. The third-order valence-electron chi connectivity index (χ3n) is 5.53. The van der Waals surface area contributed by atoms with Gasteiger partial charge in [0.15, 0.2) is 0 Å². The fourth-order valence-corrected chi connectivity index (χ4v) is 4.14. The molecule has 118 valence electrons. The van der Waals surface area contributed by atoms with E-state index in [9.17, 15) is 9.59 Å². The van der Waals surface area contributed by atoms with Gasteiger partial charge in [0.1, 0.15) is 5.54 Å². The predicted molar refractivity (Wildman–Crippen MR) is 78.7 cm³/mol. The third-order valence-corrected chi connectivity index (χ3v) is 5.53. The Kier molecular flexibility index (Phi) is 4.20. The molecule has 1 saturated carbocycles. The van der Waals surface area contributed by atoms with Crippen LogP contribution in [0.1, 0.15) is 51.9 Å². The van der Waals surface area contributed by atoms with Crippen LogP contribution in [0.25, 0.3) is 0 Å². The number of ether oxygens (including phenoxy) is 1. The number of rotatable bonds is 2. The van der Waals surface area contributed by atoms with E-state index in [1.54, 1.807) is 0 Å². The van der Waals surface area contributed by atoms with Gasteiger partial charge in [-0.3, -0.25) is 9.59 Å². The molecule has 0 radical (unpaired) electrons. The van der Waals surface area contributed by atoms with Crippen LogP contribution >= 0.6 is 0 Å². The standard InChI is InChI=1S/C16H26N2O3/c1-12(13-5-10-21-11-6-13)18-9-4-14(19)17-16(15(18)20)7-2-3-8-16/h12-13H,2-11H2,1H3,(H,17,19). The van der Waals surface area contributed by atoms with Crippen LogP contribution in [0.4, 0.5) is 0 Å². The zero-order valence-corrected chi connectivity index (χ0v) is 12.9. The summed E-state index contributed by atoms with van der Waals surface area (Å²) in [6, 6.07) is 0.201. The molecule has 0 aromatic heterocycles. The minimum atomic E-state index is -0.604. The molecule has 0 aromatic rings. The van der Waals surface area contributed by atoms with Crippen molar-refractivity contribution in [2.45, 2.75) is 63.5 Å². The zero-order valence-electron chi connectivity index (χ0n) is 12.9. The quantitative estimate of drug-likeness (QED) is 0.839. The molecule has 3 aliphatic rings. The number of hydrogen-bond donors (Lipinski definition) is 1. The first-order valence-electron chi connectivity index (χ1n) is 8.32. The van der Waals surface area contributed by atoms with E-state index < -0.39 is 5.54 Å². The summed E-state index contributed by atoms with van der Waals surface area (Å²) in [5.41, 5.74) is -0.604. The largest absolute Gasteiger partial charge is 0.381 e. The molecule has 0 aromatic carbocycles. The number of amides is 2. The molecule has 5 nitrogen and oxygen atoms in total. The van der Waals surface area contributed by atoms with Crippen molar-refractivity contribution in [3.8, 4) is 0 Å². The lowest BCUT2D eigenvalue weighted by Gasteiger charge is -2.39. The van der Waals surface area contributed by atoms with Crippen LogP contribution in [0.5, 0.6) is 0 Å². The van der Waals surface area contributed by atoms with Crippen molar-refractivity contribution < 1.29 is 14.3 Å². The molecule has 1 aliphatic carbocycles. The Hall–Kier alpha value is -1.10. The molecule has 2 heterocycles. The van der Waals surface area contributed by atoms with Crippen LogP contribution in [0.3, 0.4) is 0 Å². The zero-order chi connectivity index (χ0) is 14.9. The summed E-state index contributed by atoms with van der Waals surface area (Å²) in [6.07, 6.45) is 6.12. The molecule has 3 fully saturated rings. The maximum atomic E-state index is 13.1. The van der Waals surface area contributed by atoms with Crippen LogP contribution in [0.2, 0.25) is 0 Å². The molecule has 1 spiro atoms. The highest BCUT2D eigenvalue weighted by atomic mass is 16.5. The van der Waals surface area contributed by atoms with E-state index >= 15 is 0 Å². The van der Waals surface area contributed by atoms with E-state index in [0.717, 1.165) is 51.7 Å².